The fourth-order valence-corrected chi connectivity index (χ4v) is 3.76. The minimum absolute atomic E-state index is 0.340. The Morgan fingerprint density at radius 1 is 1.08 bits per heavy atom. The van der Waals surface area contributed by atoms with Gasteiger partial charge in [-0.3, -0.25) is 4.79 Å². The van der Waals surface area contributed by atoms with Gasteiger partial charge in [-0.05, 0) is 55.3 Å². The van der Waals surface area contributed by atoms with Gasteiger partial charge in [0.15, 0.2) is 4.80 Å². The first-order valence-electron chi connectivity index (χ1n) is 7.75. The molecule has 0 fully saturated rings. The Kier molecular flexibility index (Phi) is 4.55. The second-order valence-electron chi connectivity index (χ2n) is 5.86. The average molecular weight is 354 g/mol. The zero-order valence-corrected chi connectivity index (χ0v) is 15.3. The number of rotatable bonds is 2. The van der Waals surface area contributed by atoms with Crippen molar-refractivity contribution in [1.82, 2.24) is 4.57 Å². The van der Waals surface area contributed by atoms with Crippen LogP contribution in [0.4, 0.5) is 0 Å². The van der Waals surface area contributed by atoms with Crippen molar-refractivity contribution in [2.45, 2.75) is 13.8 Å². The third-order valence-electron chi connectivity index (χ3n) is 3.99. The molecule has 25 heavy (non-hydrogen) atoms. The summed E-state index contributed by atoms with van der Waals surface area (Å²) in [6.07, 6.45) is 0. The highest BCUT2D eigenvalue weighted by Gasteiger charge is 2.11. The van der Waals surface area contributed by atoms with Crippen LogP contribution in [0.1, 0.15) is 31.8 Å². The molecule has 0 N–H and O–H groups in total. The molecule has 0 aliphatic rings. The van der Waals surface area contributed by atoms with Gasteiger partial charge in [-0.25, -0.2) is 4.79 Å². The van der Waals surface area contributed by atoms with Crippen LogP contribution in [0.5, 0.6) is 0 Å². The standard InChI is InChI=1S/C19H18N2O3S/c1-11-9-12(2)16-15(10-11)21(3)19(25-16)20-17(22)13-5-7-14(8-6-13)18(23)24-4/h5-10H,1-4H3. The zero-order valence-electron chi connectivity index (χ0n) is 14.5. The Morgan fingerprint density at radius 3 is 2.36 bits per heavy atom. The summed E-state index contributed by atoms with van der Waals surface area (Å²) in [4.78, 5) is 28.8. The molecular formula is C19H18N2O3S. The highest BCUT2D eigenvalue weighted by atomic mass is 32.1. The fourth-order valence-electron chi connectivity index (χ4n) is 2.69. The van der Waals surface area contributed by atoms with Gasteiger partial charge in [-0.1, -0.05) is 17.4 Å². The molecule has 0 radical (unpaired) electrons. The number of esters is 1. The number of methoxy groups -OCH3 is 1. The number of benzene rings is 2. The highest BCUT2D eigenvalue weighted by molar-refractivity contribution is 7.16. The monoisotopic (exact) mass is 354 g/mol. The molecule has 0 unspecified atom stereocenters. The number of aryl methyl sites for hydroxylation is 3. The fraction of sp³-hybridized carbons (Fsp3) is 0.211. The van der Waals surface area contributed by atoms with Gasteiger partial charge in [-0.2, -0.15) is 4.99 Å². The van der Waals surface area contributed by atoms with Crippen LogP contribution < -0.4 is 4.80 Å². The van der Waals surface area contributed by atoms with Crippen molar-refractivity contribution >= 4 is 33.4 Å². The average Bonchev–Trinajstić information content (AvgIpc) is 2.91. The first kappa shape index (κ1) is 17.1. The maximum atomic E-state index is 12.5. The molecule has 3 aromatic rings. The summed E-state index contributed by atoms with van der Waals surface area (Å²) in [5, 5.41) is 0. The molecule has 1 heterocycles. The lowest BCUT2D eigenvalue weighted by Crippen LogP contribution is -2.13. The Balaban J connectivity index is 2.01. The molecule has 5 nitrogen and oxygen atoms in total. The number of hydrogen-bond donors (Lipinski definition) is 0. The summed E-state index contributed by atoms with van der Waals surface area (Å²) in [6, 6.07) is 10.5. The van der Waals surface area contributed by atoms with Crippen molar-refractivity contribution in [3.63, 3.8) is 0 Å². The molecule has 1 amide bonds. The van der Waals surface area contributed by atoms with Gasteiger partial charge in [0.2, 0.25) is 0 Å². The van der Waals surface area contributed by atoms with Gasteiger partial charge in [0.05, 0.1) is 22.9 Å². The SMILES string of the molecule is COC(=O)c1ccc(C(=O)N=c2sc3c(C)cc(C)cc3n2C)cc1. The molecule has 0 spiro atoms. The molecule has 3 rings (SSSR count). The van der Waals surface area contributed by atoms with E-state index < -0.39 is 5.97 Å². The van der Waals surface area contributed by atoms with Gasteiger partial charge < -0.3 is 9.30 Å². The molecule has 1 aromatic heterocycles. The predicted molar refractivity (Wildman–Crippen MR) is 97.9 cm³/mol. The minimum atomic E-state index is -0.433. The molecule has 2 aromatic carbocycles. The smallest absolute Gasteiger partial charge is 0.337 e. The zero-order chi connectivity index (χ0) is 18.1. The van der Waals surface area contributed by atoms with Crippen molar-refractivity contribution in [2.75, 3.05) is 7.11 Å². The molecule has 6 heteroatoms. The number of thiazole rings is 1. The summed E-state index contributed by atoms with van der Waals surface area (Å²) in [7, 11) is 3.23. The van der Waals surface area contributed by atoms with Crippen LogP contribution >= 0.6 is 11.3 Å². The first-order chi connectivity index (χ1) is 11.9. The normalized spacial score (nSPS) is 11.8. The largest absolute Gasteiger partial charge is 0.465 e. The Hall–Kier alpha value is -2.73. The summed E-state index contributed by atoms with van der Waals surface area (Å²) >= 11 is 1.50. The van der Waals surface area contributed by atoms with Crippen molar-refractivity contribution < 1.29 is 14.3 Å². The number of carbonyl (C=O) groups excluding carboxylic acids is 2. The van der Waals surface area contributed by atoms with E-state index in [2.05, 4.69) is 35.7 Å². The van der Waals surface area contributed by atoms with Gasteiger partial charge in [0, 0.05) is 12.6 Å². The predicted octanol–water partition coefficient (Wildman–Crippen LogP) is 3.38. The third kappa shape index (κ3) is 3.25. The lowest BCUT2D eigenvalue weighted by atomic mass is 10.1. The second kappa shape index (κ2) is 6.64. The quantitative estimate of drug-likeness (QED) is 0.663. The maximum absolute atomic E-state index is 12.5. The van der Waals surface area contributed by atoms with E-state index in [1.54, 1.807) is 24.3 Å². The van der Waals surface area contributed by atoms with Crippen LogP contribution in [-0.2, 0) is 11.8 Å². The van der Waals surface area contributed by atoms with Gasteiger partial charge in [0.1, 0.15) is 0 Å². The second-order valence-corrected chi connectivity index (χ2v) is 6.84. The van der Waals surface area contributed by atoms with Crippen LogP contribution in [0.2, 0.25) is 0 Å². The third-order valence-corrected chi connectivity index (χ3v) is 5.27. The molecule has 0 saturated carbocycles. The van der Waals surface area contributed by atoms with Crippen molar-refractivity contribution in [1.29, 1.82) is 0 Å². The van der Waals surface area contributed by atoms with Gasteiger partial charge in [-0.15, -0.1) is 0 Å². The van der Waals surface area contributed by atoms with Crippen LogP contribution in [-0.4, -0.2) is 23.6 Å². The van der Waals surface area contributed by atoms with Crippen molar-refractivity contribution in [3.8, 4) is 0 Å². The molecule has 128 valence electrons. The summed E-state index contributed by atoms with van der Waals surface area (Å²) in [5.74, 6) is -0.773. The maximum Gasteiger partial charge on any atom is 0.337 e. The van der Waals surface area contributed by atoms with E-state index in [0.29, 0.717) is 15.9 Å². The molecule has 0 aliphatic carbocycles. The van der Waals surface area contributed by atoms with E-state index in [9.17, 15) is 9.59 Å². The number of hydrogen-bond acceptors (Lipinski definition) is 4. The Morgan fingerprint density at radius 2 is 1.72 bits per heavy atom. The molecule has 0 aliphatic heterocycles. The van der Waals surface area contributed by atoms with Crippen molar-refractivity contribution in [3.05, 3.63) is 63.5 Å². The number of ether oxygens (including phenoxy) is 1. The number of fused-ring (bicyclic) bond motifs is 1. The van der Waals surface area contributed by atoms with E-state index in [1.165, 1.54) is 29.6 Å². The minimum Gasteiger partial charge on any atom is -0.465 e. The number of aromatic nitrogens is 1. The van der Waals surface area contributed by atoms with E-state index in [1.807, 2.05) is 11.6 Å². The molecule has 0 atom stereocenters. The molecular weight excluding hydrogens is 336 g/mol. The van der Waals surface area contributed by atoms with Gasteiger partial charge >= 0.3 is 5.97 Å². The summed E-state index contributed by atoms with van der Waals surface area (Å²) < 4.78 is 7.71. The van der Waals surface area contributed by atoms with E-state index in [4.69, 9.17) is 0 Å². The lowest BCUT2D eigenvalue weighted by Gasteiger charge is -2.00. The van der Waals surface area contributed by atoms with Crippen LogP contribution in [0, 0.1) is 13.8 Å². The van der Waals surface area contributed by atoms with Gasteiger partial charge in [0.25, 0.3) is 5.91 Å². The number of carbonyl (C=O) groups is 2. The topological polar surface area (TPSA) is 60.7 Å². The number of nitrogens with zero attached hydrogens (tertiary/aromatic N) is 2. The first-order valence-corrected chi connectivity index (χ1v) is 8.56. The highest BCUT2D eigenvalue weighted by Crippen LogP contribution is 2.22. The number of amides is 1. The van der Waals surface area contributed by atoms with Crippen LogP contribution in [0.3, 0.4) is 0 Å². The Bertz CT molecular complexity index is 1040. The summed E-state index contributed by atoms with van der Waals surface area (Å²) in [6.45, 7) is 4.11. The Labute approximate surface area is 149 Å². The molecule has 0 bridgehead atoms. The van der Waals surface area contributed by atoms with Crippen molar-refractivity contribution in [2.24, 2.45) is 12.0 Å². The molecule has 0 saturated heterocycles. The van der Waals surface area contributed by atoms with E-state index in [0.717, 1.165) is 10.2 Å². The van der Waals surface area contributed by atoms with Crippen LogP contribution in [0.25, 0.3) is 10.2 Å². The lowest BCUT2D eigenvalue weighted by molar-refractivity contribution is 0.0600. The van der Waals surface area contributed by atoms with E-state index in [-0.39, 0.29) is 5.91 Å². The van der Waals surface area contributed by atoms with Crippen LogP contribution in [0.15, 0.2) is 41.4 Å². The summed E-state index contributed by atoms with van der Waals surface area (Å²) in [5.41, 5.74) is 4.24. The van der Waals surface area contributed by atoms with E-state index >= 15 is 0 Å².